The molecule has 0 spiro atoms. The van der Waals surface area contributed by atoms with E-state index in [1.54, 1.807) is 18.3 Å². The van der Waals surface area contributed by atoms with Crippen molar-refractivity contribution in [1.82, 2.24) is 4.98 Å². The Morgan fingerprint density at radius 3 is 2.85 bits per heavy atom. The van der Waals surface area contributed by atoms with Gasteiger partial charge in [-0.25, -0.2) is 4.98 Å². The molecule has 1 aromatic carbocycles. The van der Waals surface area contributed by atoms with Crippen LogP contribution in [0.5, 0.6) is 0 Å². The molecule has 0 unspecified atom stereocenters. The molecule has 4 nitrogen and oxygen atoms in total. The Balaban J connectivity index is 2.23. The van der Waals surface area contributed by atoms with Crippen LogP contribution in [-0.4, -0.2) is 17.4 Å². The fraction of sp³-hybridized carbons (Fsp3) is 0.200. The number of carbonyl (C=O) groups is 1. The zero-order valence-electron chi connectivity index (χ0n) is 11.4. The molecule has 2 rings (SSSR count). The van der Waals surface area contributed by atoms with Crippen LogP contribution < -0.4 is 10.6 Å². The second-order valence-corrected chi connectivity index (χ2v) is 5.32. The monoisotopic (exact) mass is 333 g/mol. The molecule has 0 aliphatic carbocycles. The highest BCUT2D eigenvalue weighted by atomic mass is 79.9. The molecule has 2 aromatic rings. The Bertz CT molecular complexity index is 608. The van der Waals surface area contributed by atoms with Crippen molar-refractivity contribution in [2.24, 2.45) is 0 Å². The summed E-state index contributed by atoms with van der Waals surface area (Å²) in [5.41, 5.74) is 2.37. The topological polar surface area (TPSA) is 54.0 Å². The number of hydrogen-bond donors (Lipinski definition) is 2. The highest BCUT2D eigenvalue weighted by Crippen LogP contribution is 2.20. The molecule has 1 amide bonds. The first-order chi connectivity index (χ1) is 9.60. The Hall–Kier alpha value is -1.88. The van der Waals surface area contributed by atoms with Crippen LogP contribution in [0.4, 0.5) is 11.5 Å². The highest BCUT2D eigenvalue weighted by Gasteiger charge is 2.12. The molecule has 0 atom stereocenters. The predicted octanol–water partition coefficient (Wildman–Crippen LogP) is 3.84. The molecule has 20 heavy (non-hydrogen) atoms. The number of hydrogen-bond acceptors (Lipinski definition) is 3. The van der Waals surface area contributed by atoms with Gasteiger partial charge in [0.25, 0.3) is 5.91 Å². The predicted molar refractivity (Wildman–Crippen MR) is 85.2 cm³/mol. The summed E-state index contributed by atoms with van der Waals surface area (Å²) in [6, 6.07) is 9.29. The summed E-state index contributed by atoms with van der Waals surface area (Å²) in [6.45, 7) is 4.66. The van der Waals surface area contributed by atoms with Crippen molar-refractivity contribution in [2.45, 2.75) is 13.8 Å². The van der Waals surface area contributed by atoms with Crippen LogP contribution in [0.1, 0.15) is 22.8 Å². The third kappa shape index (κ3) is 3.57. The number of nitrogens with one attached hydrogen (secondary N) is 2. The standard InChI is InChI=1S/C15H16BrN3O/c1-3-17-14-13(5-4-6-18-14)15(20)19-12-8-10(2)7-11(16)9-12/h4-9H,3H2,1-2H3,(H,17,18)(H,19,20). The van der Waals surface area contributed by atoms with Gasteiger partial charge in [0, 0.05) is 22.9 Å². The van der Waals surface area contributed by atoms with Crippen LogP contribution in [0.25, 0.3) is 0 Å². The summed E-state index contributed by atoms with van der Waals surface area (Å²) in [6.07, 6.45) is 1.66. The van der Waals surface area contributed by atoms with E-state index in [4.69, 9.17) is 0 Å². The minimum Gasteiger partial charge on any atom is -0.370 e. The molecule has 5 heteroatoms. The number of anilines is 2. The molecule has 0 bridgehead atoms. The number of halogens is 1. The van der Waals surface area contributed by atoms with Crippen LogP contribution in [0.3, 0.4) is 0 Å². The van der Waals surface area contributed by atoms with Gasteiger partial charge >= 0.3 is 0 Å². The van der Waals surface area contributed by atoms with E-state index < -0.39 is 0 Å². The smallest absolute Gasteiger partial charge is 0.259 e. The Morgan fingerprint density at radius 2 is 2.15 bits per heavy atom. The average molecular weight is 334 g/mol. The van der Waals surface area contributed by atoms with Gasteiger partial charge in [0.2, 0.25) is 0 Å². The number of nitrogens with zero attached hydrogens (tertiary/aromatic N) is 1. The van der Waals surface area contributed by atoms with E-state index >= 15 is 0 Å². The molecule has 1 aromatic heterocycles. The molecule has 0 radical (unpaired) electrons. The zero-order valence-corrected chi connectivity index (χ0v) is 13.0. The highest BCUT2D eigenvalue weighted by molar-refractivity contribution is 9.10. The molecule has 0 aliphatic heterocycles. The lowest BCUT2D eigenvalue weighted by atomic mass is 10.2. The van der Waals surface area contributed by atoms with Crippen molar-refractivity contribution in [3.63, 3.8) is 0 Å². The second-order valence-electron chi connectivity index (χ2n) is 4.40. The third-order valence-corrected chi connectivity index (χ3v) is 3.15. The lowest BCUT2D eigenvalue weighted by Gasteiger charge is -2.10. The summed E-state index contributed by atoms with van der Waals surface area (Å²) in [5, 5.41) is 5.97. The lowest BCUT2D eigenvalue weighted by Crippen LogP contribution is -2.15. The third-order valence-electron chi connectivity index (χ3n) is 2.70. The molecule has 0 saturated carbocycles. The summed E-state index contributed by atoms with van der Waals surface area (Å²) in [5.74, 6) is 0.422. The van der Waals surface area contributed by atoms with E-state index in [1.807, 2.05) is 32.0 Å². The van der Waals surface area contributed by atoms with Gasteiger partial charge in [-0.05, 0) is 49.7 Å². The summed E-state index contributed by atoms with van der Waals surface area (Å²) >= 11 is 3.42. The van der Waals surface area contributed by atoms with Crippen LogP contribution in [0, 0.1) is 6.92 Å². The molecule has 0 aliphatic rings. The van der Waals surface area contributed by atoms with E-state index in [9.17, 15) is 4.79 Å². The van der Waals surface area contributed by atoms with E-state index in [0.29, 0.717) is 17.9 Å². The summed E-state index contributed by atoms with van der Waals surface area (Å²) < 4.78 is 0.936. The van der Waals surface area contributed by atoms with Gasteiger partial charge in [-0.1, -0.05) is 15.9 Å². The van der Waals surface area contributed by atoms with Crippen LogP contribution in [-0.2, 0) is 0 Å². The Kier molecular flexibility index (Phi) is 4.74. The van der Waals surface area contributed by atoms with Crippen LogP contribution in [0.15, 0.2) is 41.0 Å². The first kappa shape index (κ1) is 14.5. The van der Waals surface area contributed by atoms with Crippen molar-refractivity contribution >= 4 is 33.3 Å². The van der Waals surface area contributed by atoms with Gasteiger partial charge in [-0.3, -0.25) is 4.79 Å². The number of aromatic nitrogens is 1. The van der Waals surface area contributed by atoms with E-state index in [-0.39, 0.29) is 5.91 Å². The number of amides is 1. The van der Waals surface area contributed by atoms with Gasteiger partial charge in [-0.15, -0.1) is 0 Å². The SMILES string of the molecule is CCNc1ncccc1C(=O)Nc1cc(C)cc(Br)c1. The van der Waals surface area contributed by atoms with Gasteiger partial charge in [0.1, 0.15) is 5.82 Å². The van der Waals surface area contributed by atoms with Gasteiger partial charge in [0.05, 0.1) is 5.56 Å². The minimum atomic E-state index is -0.174. The van der Waals surface area contributed by atoms with E-state index in [0.717, 1.165) is 15.7 Å². The molecule has 0 saturated heterocycles. The molecule has 104 valence electrons. The summed E-state index contributed by atoms with van der Waals surface area (Å²) in [4.78, 5) is 16.5. The zero-order chi connectivity index (χ0) is 14.5. The van der Waals surface area contributed by atoms with Crippen molar-refractivity contribution < 1.29 is 4.79 Å². The van der Waals surface area contributed by atoms with Gasteiger partial charge < -0.3 is 10.6 Å². The Labute approximate surface area is 126 Å². The average Bonchev–Trinajstić information content (AvgIpc) is 2.38. The molecule has 1 heterocycles. The fourth-order valence-electron chi connectivity index (χ4n) is 1.90. The summed E-state index contributed by atoms with van der Waals surface area (Å²) in [7, 11) is 0. The number of pyridine rings is 1. The van der Waals surface area contributed by atoms with Crippen LogP contribution in [0.2, 0.25) is 0 Å². The Morgan fingerprint density at radius 1 is 1.35 bits per heavy atom. The van der Waals surface area contributed by atoms with Crippen molar-refractivity contribution in [1.29, 1.82) is 0 Å². The van der Waals surface area contributed by atoms with Crippen LogP contribution >= 0.6 is 15.9 Å². The largest absolute Gasteiger partial charge is 0.370 e. The maximum absolute atomic E-state index is 12.3. The molecular weight excluding hydrogens is 318 g/mol. The first-order valence-corrected chi connectivity index (χ1v) is 7.17. The van der Waals surface area contributed by atoms with Gasteiger partial charge in [-0.2, -0.15) is 0 Å². The number of benzene rings is 1. The molecule has 2 N–H and O–H groups in total. The van der Waals surface area contributed by atoms with Crippen molar-refractivity contribution in [2.75, 3.05) is 17.2 Å². The van der Waals surface area contributed by atoms with Crippen molar-refractivity contribution in [3.05, 3.63) is 52.1 Å². The molecular formula is C15H16BrN3O. The maximum atomic E-state index is 12.3. The van der Waals surface area contributed by atoms with Gasteiger partial charge in [0.15, 0.2) is 0 Å². The van der Waals surface area contributed by atoms with Crippen molar-refractivity contribution in [3.8, 4) is 0 Å². The number of aryl methyl sites for hydroxylation is 1. The lowest BCUT2D eigenvalue weighted by molar-refractivity contribution is 0.102. The second kappa shape index (κ2) is 6.52. The maximum Gasteiger partial charge on any atom is 0.259 e. The van der Waals surface area contributed by atoms with E-state index in [2.05, 4.69) is 31.5 Å². The number of rotatable bonds is 4. The first-order valence-electron chi connectivity index (χ1n) is 6.37. The minimum absolute atomic E-state index is 0.174. The number of carbonyl (C=O) groups excluding carboxylic acids is 1. The normalized spacial score (nSPS) is 10.2. The molecule has 0 fully saturated rings. The fourth-order valence-corrected chi connectivity index (χ4v) is 2.51. The van der Waals surface area contributed by atoms with E-state index in [1.165, 1.54) is 0 Å². The quantitative estimate of drug-likeness (QED) is 0.893.